The van der Waals surface area contributed by atoms with E-state index in [1.165, 1.54) is 13.8 Å². The summed E-state index contributed by atoms with van der Waals surface area (Å²) in [4.78, 5) is 4.24. The molecular formula is C28H26F7NO4. The van der Waals surface area contributed by atoms with Gasteiger partial charge in [-0.05, 0) is 25.5 Å². The monoisotopic (exact) mass is 573 g/mol. The third-order valence-corrected chi connectivity index (χ3v) is 7.18. The fourth-order valence-corrected chi connectivity index (χ4v) is 4.94. The molecule has 40 heavy (non-hydrogen) atoms. The molecule has 2 aromatic carbocycles. The van der Waals surface area contributed by atoms with Crippen molar-refractivity contribution in [2.24, 2.45) is 5.92 Å². The molecule has 1 fully saturated rings. The molecule has 4 rings (SSSR count). The Bertz CT molecular complexity index is 1350. The number of aryl methyl sites for hydroxylation is 1. The van der Waals surface area contributed by atoms with E-state index in [0.29, 0.717) is 5.56 Å². The molecule has 216 valence electrons. The van der Waals surface area contributed by atoms with E-state index < -0.39 is 59.5 Å². The van der Waals surface area contributed by atoms with Crippen LogP contribution in [-0.4, -0.2) is 30.5 Å². The summed E-state index contributed by atoms with van der Waals surface area (Å²) in [6, 6.07) is 11.8. The minimum atomic E-state index is -4.87. The van der Waals surface area contributed by atoms with Crippen molar-refractivity contribution in [3.63, 3.8) is 0 Å². The van der Waals surface area contributed by atoms with E-state index in [1.54, 1.807) is 30.3 Å². The normalized spacial score (nSPS) is 22.9. The number of pyridine rings is 1. The largest absolute Gasteiger partial charge is 0.493 e. The summed E-state index contributed by atoms with van der Waals surface area (Å²) in [5, 5.41) is 0. The van der Waals surface area contributed by atoms with Gasteiger partial charge in [-0.1, -0.05) is 43.3 Å². The zero-order valence-electron chi connectivity index (χ0n) is 21.9. The molecule has 0 unspecified atom stereocenters. The van der Waals surface area contributed by atoms with Crippen LogP contribution < -0.4 is 14.2 Å². The number of ether oxygens (including phenoxy) is 4. The van der Waals surface area contributed by atoms with Crippen LogP contribution in [0.5, 0.6) is 17.2 Å². The van der Waals surface area contributed by atoms with Crippen molar-refractivity contribution in [3.05, 3.63) is 82.7 Å². The van der Waals surface area contributed by atoms with E-state index >= 15 is 0 Å². The molecule has 0 N–H and O–H groups in total. The lowest BCUT2D eigenvalue weighted by atomic mass is 9.76. The molecule has 0 spiro atoms. The highest BCUT2D eigenvalue weighted by molar-refractivity contribution is 5.47. The van der Waals surface area contributed by atoms with Crippen molar-refractivity contribution in [1.82, 2.24) is 4.98 Å². The molecular weight excluding hydrogens is 547 g/mol. The van der Waals surface area contributed by atoms with Crippen LogP contribution in [0.15, 0.2) is 48.5 Å². The number of hydrogen-bond acceptors (Lipinski definition) is 5. The van der Waals surface area contributed by atoms with Crippen molar-refractivity contribution >= 4 is 0 Å². The highest BCUT2D eigenvalue weighted by Crippen LogP contribution is 2.59. The first-order valence-corrected chi connectivity index (χ1v) is 12.2. The Balaban J connectivity index is 1.87. The molecule has 4 atom stereocenters. The molecule has 0 amide bonds. The fraction of sp³-hybridized carbons (Fsp3) is 0.393. The number of rotatable bonds is 8. The molecule has 0 saturated carbocycles. The van der Waals surface area contributed by atoms with Crippen molar-refractivity contribution in [2.75, 3.05) is 7.11 Å². The van der Waals surface area contributed by atoms with E-state index in [1.807, 2.05) is 0 Å². The maximum atomic E-state index is 14.7. The maximum Gasteiger partial charge on any atom is 0.417 e. The predicted molar refractivity (Wildman–Crippen MR) is 129 cm³/mol. The molecule has 5 nitrogen and oxygen atoms in total. The molecule has 1 aliphatic rings. The second kappa shape index (κ2) is 11.1. The van der Waals surface area contributed by atoms with E-state index in [-0.39, 0.29) is 29.3 Å². The van der Waals surface area contributed by atoms with Gasteiger partial charge in [-0.25, -0.2) is 4.39 Å². The third kappa shape index (κ3) is 5.41. The summed E-state index contributed by atoms with van der Waals surface area (Å²) in [5.74, 6) is -6.39. The Morgan fingerprint density at radius 2 is 1.73 bits per heavy atom. The van der Waals surface area contributed by atoms with E-state index in [9.17, 15) is 30.7 Å². The summed E-state index contributed by atoms with van der Waals surface area (Å²) >= 11 is 0. The lowest BCUT2D eigenvalue weighted by Crippen LogP contribution is -2.46. The topological polar surface area (TPSA) is 49.8 Å². The zero-order valence-corrected chi connectivity index (χ0v) is 21.9. The summed E-state index contributed by atoms with van der Waals surface area (Å²) in [6.07, 6.45) is -6.36. The molecule has 2 heterocycles. The van der Waals surface area contributed by atoms with E-state index in [2.05, 4.69) is 9.72 Å². The lowest BCUT2D eigenvalue weighted by molar-refractivity contribution is -0.275. The van der Waals surface area contributed by atoms with Gasteiger partial charge in [0.15, 0.2) is 28.7 Å². The molecule has 0 bridgehead atoms. The number of methoxy groups -OCH3 is 1. The fourth-order valence-electron chi connectivity index (χ4n) is 4.94. The predicted octanol–water partition coefficient (Wildman–Crippen LogP) is 7.67. The molecule has 1 aromatic heterocycles. The Hall–Kier alpha value is -3.54. The number of aromatic nitrogens is 1. The number of benzene rings is 2. The Labute approximate surface area is 225 Å². The maximum absolute atomic E-state index is 14.7. The van der Waals surface area contributed by atoms with Crippen LogP contribution in [0.3, 0.4) is 0 Å². The van der Waals surface area contributed by atoms with Gasteiger partial charge in [-0.2, -0.15) is 26.3 Å². The van der Waals surface area contributed by atoms with Gasteiger partial charge in [0.2, 0.25) is 5.82 Å². The van der Waals surface area contributed by atoms with Crippen LogP contribution in [0.4, 0.5) is 30.7 Å². The summed E-state index contributed by atoms with van der Waals surface area (Å²) in [5.41, 5.74) is -2.35. The molecule has 1 aliphatic heterocycles. The van der Waals surface area contributed by atoms with Gasteiger partial charge in [0.1, 0.15) is 12.7 Å². The number of alkyl halides is 5. The standard InChI is InChI=1S/C28H26F7NO4/c1-14-21(17-10-11-18(29)22(30)24(17)37-4)25(40-27(14,3)28(33,34)35)19-12-20(23(15(2)36-19)39-26(31)32)38-13-16-8-6-5-7-9-16/h5-12,14,21,25-26H,13H2,1-4H3/t14-,21-,25-,27+/m0/s1. The average molecular weight is 574 g/mol. The zero-order chi connectivity index (χ0) is 29.4. The summed E-state index contributed by atoms with van der Waals surface area (Å²) in [7, 11) is 1.06. The first-order valence-electron chi connectivity index (χ1n) is 12.2. The van der Waals surface area contributed by atoms with Gasteiger partial charge in [0, 0.05) is 23.5 Å². The highest BCUT2D eigenvalue weighted by Gasteiger charge is 2.65. The van der Waals surface area contributed by atoms with Gasteiger partial charge >= 0.3 is 12.8 Å². The van der Waals surface area contributed by atoms with Crippen LogP contribution in [0.25, 0.3) is 0 Å². The molecule has 0 aliphatic carbocycles. The van der Waals surface area contributed by atoms with Crippen LogP contribution in [0.1, 0.15) is 48.4 Å². The van der Waals surface area contributed by atoms with Gasteiger partial charge in [-0.15, -0.1) is 0 Å². The number of nitrogens with zero attached hydrogens (tertiary/aromatic N) is 1. The van der Waals surface area contributed by atoms with Crippen molar-refractivity contribution in [1.29, 1.82) is 0 Å². The number of halogens is 7. The summed E-state index contributed by atoms with van der Waals surface area (Å²) < 4.78 is 119. The minimum absolute atomic E-state index is 0.0774. The van der Waals surface area contributed by atoms with Gasteiger partial charge in [0.25, 0.3) is 0 Å². The Morgan fingerprint density at radius 1 is 1.05 bits per heavy atom. The van der Waals surface area contributed by atoms with Crippen LogP contribution in [0, 0.1) is 24.5 Å². The van der Waals surface area contributed by atoms with Crippen molar-refractivity contribution in [3.8, 4) is 17.2 Å². The minimum Gasteiger partial charge on any atom is -0.493 e. The Kier molecular flexibility index (Phi) is 8.21. The molecule has 3 aromatic rings. The van der Waals surface area contributed by atoms with Gasteiger partial charge < -0.3 is 18.9 Å². The Morgan fingerprint density at radius 3 is 2.33 bits per heavy atom. The smallest absolute Gasteiger partial charge is 0.417 e. The molecule has 1 saturated heterocycles. The second-order valence-electron chi connectivity index (χ2n) is 9.55. The first-order chi connectivity index (χ1) is 18.8. The van der Waals surface area contributed by atoms with Crippen molar-refractivity contribution < 1.29 is 49.7 Å². The summed E-state index contributed by atoms with van der Waals surface area (Å²) in [6.45, 7) is 0.135. The number of hydrogen-bond donors (Lipinski definition) is 0. The SMILES string of the molecule is COc1c([C@H]2[C@H](c3cc(OCc4ccccc4)c(OC(F)F)c(C)n3)O[C@@](C)(C(F)(F)F)[C@H]2C)ccc(F)c1F. The average Bonchev–Trinajstić information content (AvgIpc) is 3.17. The van der Waals surface area contributed by atoms with Gasteiger partial charge in [0.05, 0.1) is 18.5 Å². The van der Waals surface area contributed by atoms with Crippen molar-refractivity contribution in [2.45, 2.75) is 57.8 Å². The van der Waals surface area contributed by atoms with Crippen LogP contribution >= 0.6 is 0 Å². The highest BCUT2D eigenvalue weighted by atomic mass is 19.4. The van der Waals surface area contributed by atoms with E-state index in [0.717, 1.165) is 32.2 Å². The lowest BCUT2D eigenvalue weighted by Gasteiger charge is -2.32. The second-order valence-corrected chi connectivity index (χ2v) is 9.55. The van der Waals surface area contributed by atoms with Crippen LogP contribution in [0.2, 0.25) is 0 Å². The van der Waals surface area contributed by atoms with Crippen LogP contribution in [-0.2, 0) is 11.3 Å². The first kappa shape index (κ1) is 29.4. The van der Waals surface area contributed by atoms with E-state index in [4.69, 9.17) is 14.2 Å². The molecule has 0 radical (unpaired) electrons. The molecule has 12 heteroatoms. The quantitative estimate of drug-likeness (QED) is 0.259. The van der Waals surface area contributed by atoms with Gasteiger partial charge in [-0.3, -0.25) is 4.98 Å². The third-order valence-electron chi connectivity index (χ3n) is 7.18.